The predicted molar refractivity (Wildman–Crippen MR) is 46.2 cm³/mol. The van der Waals surface area contributed by atoms with Crippen molar-refractivity contribution >= 4 is 0 Å². The Kier molecular flexibility index (Phi) is 2.63. The third-order valence-corrected chi connectivity index (χ3v) is 2.64. The highest BCUT2D eigenvalue weighted by molar-refractivity contribution is 4.81. The normalized spacial score (nSPS) is 43.2. The summed E-state index contributed by atoms with van der Waals surface area (Å²) in [5, 5.41) is 3.32. The zero-order valence-corrected chi connectivity index (χ0v) is 7.58. The summed E-state index contributed by atoms with van der Waals surface area (Å²) in [7, 11) is 0. The van der Waals surface area contributed by atoms with E-state index in [4.69, 9.17) is 9.47 Å². The van der Waals surface area contributed by atoms with E-state index in [1.54, 1.807) is 0 Å². The Morgan fingerprint density at radius 3 is 2.75 bits per heavy atom. The zero-order chi connectivity index (χ0) is 8.39. The van der Waals surface area contributed by atoms with Crippen LogP contribution in [0.1, 0.15) is 19.8 Å². The van der Waals surface area contributed by atoms with Crippen molar-refractivity contribution in [2.45, 2.75) is 38.1 Å². The number of hydrogen-bond donors (Lipinski definition) is 1. The first-order valence-corrected chi connectivity index (χ1v) is 4.84. The molecule has 3 unspecified atom stereocenters. The Morgan fingerprint density at radius 1 is 1.25 bits per heavy atom. The molecule has 2 rings (SSSR count). The Labute approximate surface area is 73.4 Å². The highest BCUT2D eigenvalue weighted by Crippen LogP contribution is 2.23. The van der Waals surface area contributed by atoms with E-state index in [1.165, 1.54) is 6.42 Å². The van der Waals surface area contributed by atoms with E-state index in [2.05, 4.69) is 12.2 Å². The highest BCUT2D eigenvalue weighted by Gasteiger charge is 2.31. The molecule has 2 aliphatic heterocycles. The van der Waals surface area contributed by atoms with Crippen molar-refractivity contribution < 1.29 is 9.47 Å². The van der Waals surface area contributed by atoms with Crippen molar-refractivity contribution in [3.63, 3.8) is 0 Å². The van der Waals surface area contributed by atoms with Gasteiger partial charge in [-0.3, -0.25) is 0 Å². The first-order valence-electron chi connectivity index (χ1n) is 4.84. The summed E-state index contributed by atoms with van der Waals surface area (Å²) in [6.45, 7) is 4.91. The van der Waals surface area contributed by atoms with E-state index in [1.807, 2.05) is 0 Å². The van der Waals surface area contributed by atoms with Gasteiger partial charge < -0.3 is 14.8 Å². The molecule has 2 aliphatic rings. The molecule has 0 aromatic carbocycles. The molecule has 2 fully saturated rings. The molecule has 2 heterocycles. The van der Waals surface area contributed by atoms with Gasteiger partial charge in [0.15, 0.2) is 0 Å². The van der Waals surface area contributed by atoms with Gasteiger partial charge in [0.2, 0.25) is 0 Å². The zero-order valence-electron chi connectivity index (χ0n) is 7.58. The SMILES string of the molecule is CC1CCC(C2CNCCO2)O1. The average molecular weight is 171 g/mol. The second-order valence-electron chi connectivity index (χ2n) is 3.68. The third-order valence-electron chi connectivity index (χ3n) is 2.64. The van der Waals surface area contributed by atoms with Gasteiger partial charge in [0.05, 0.1) is 24.9 Å². The fraction of sp³-hybridized carbons (Fsp3) is 1.00. The summed E-state index contributed by atoms with van der Waals surface area (Å²) in [6, 6.07) is 0. The average Bonchev–Trinajstić information content (AvgIpc) is 2.54. The van der Waals surface area contributed by atoms with Crippen LogP contribution in [0.25, 0.3) is 0 Å². The fourth-order valence-electron chi connectivity index (χ4n) is 1.93. The molecule has 0 spiro atoms. The highest BCUT2D eigenvalue weighted by atomic mass is 16.6. The van der Waals surface area contributed by atoms with Crippen LogP contribution in [0.15, 0.2) is 0 Å². The first-order chi connectivity index (χ1) is 5.86. The van der Waals surface area contributed by atoms with Crippen LogP contribution in [0.3, 0.4) is 0 Å². The lowest BCUT2D eigenvalue weighted by Gasteiger charge is -2.28. The topological polar surface area (TPSA) is 30.5 Å². The van der Waals surface area contributed by atoms with Crippen molar-refractivity contribution in [3.05, 3.63) is 0 Å². The number of morpholine rings is 1. The van der Waals surface area contributed by atoms with E-state index in [0.29, 0.717) is 18.3 Å². The van der Waals surface area contributed by atoms with Gasteiger partial charge in [0.25, 0.3) is 0 Å². The maximum absolute atomic E-state index is 5.74. The lowest BCUT2D eigenvalue weighted by Crippen LogP contribution is -2.45. The van der Waals surface area contributed by atoms with Gasteiger partial charge >= 0.3 is 0 Å². The molecule has 0 aromatic heterocycles. The lowest BCUT2D eigenvalue weighted by molar-refractivity contribution is -0.0762. The quantitative estimate of drug-likeness (QED) is 0.624. The number of rotatable bonds is 1. The Hall–Kier alpha value is -0.120. The standard InChI is InChI=1S/C9H17NO2/c1-7-2-3-8(12-7)9-6-10-4-5-11-9/h7-10H,2-6H2,1H3. The van der Waals surface area contributed by atoms with E-state index < -0.39 is 0 Å². The fourth-order valence-corrected chi connectivity index (χ4v) is 1.93. The largest absolute Gasteiger partial charge is 0.373 e. The third kappa shape index (κ3) is 1.79. The summed E-state index contributed by atoms with van der Waals surface area (Å²) in [4.78, 5) is 0. The van der Waals surface area contributed by atoms with Crippen LogP contribution in [0, 0.1) is 0 Å². The van der Waals surface area contributed by atoms with Gasteiger partial charge in [-0.15, -0.1) is 0 Å². The Morgan fingerprint density at radius 2 is 2.17 bits per heavy atom. The van der Waals surface area contributed by atoms with Crippen LogP contribution < -0.4 is 5.32 Å². The van der Waals surface area contributed by atoms with Crippen molar-refractivity contribution in [2.24, 2.45) is 0 Å². The van der Waals surface area contributed by atoms with Gasteiger partial charge in [-0.1, -0.05) is 0 Å². The molecule has 3 heteroatoms. The van der Waals surface area contributed by atoms with Crippen molar-refractivity contribution in [3.8, 4) is 0 Å². The van der Waals surface area contributed by atoms with Gasteiger partial charge in [-0.25, -0.2) is 0 Å². The van der Waals surface area contributed by atoms with Crippen molar-refractivity contribution in [1.29, 1.82) is 0 Å². The molecule has 3 atom stereocenters. The Bertz CT molecular complexity index is 143. The van der Waals surface area contributed by atoms with Gasteiger partial charge in [-0.05, 0) is 19.8 Å². The number of ether oxygens (including phenoxy) is 2. The molecule has 0 aliphatic carbocycles. The molecule has 0 radical (unpaired) electrons. The lowest BCUT2D eigenvalue weighted by atomic mass is 10.1. The van der Waals surface area contributed by atoms with Crippen molar-refractivity contribution in [2.75, 3.05) is 19.7 Å². The monoisotopic (exact) mass is 171 g/mol. The van der Waals surface area contributed by atoms with E-state index in [0.717, 1.165) is 26.1 Å². The van der Waals surface area contributed by atoms with E-state index in [9.17, 15) is 0 Å². The van der Waals surface area contributed by atoms with Crippen molar-refractivity contribution in [1.82, 2.24) is 5.32 Å². The molecule has 12 heavy (non-hydrogen) atoms. The molecule has 0 bridgehead atoms. The van der Waals surface area contributed by atoms with Gasteiger partial charge in [0, 0.05) is 13.1 Å². The minimum Gasteiger partial charge on any atom is -0.373 e. The number of nitrogens with one attached hydrogen (secondary N) is 1. The molecule has 2 saturated heterocycles. The molecule has 1 N–H and O–H groups in total. The Balaban J connectivity index is 1.83. The minimum atomic E-state index is 0.295. The maximum Gasteiger partial charge on any atom is 0.0961 e. The smallest absolute Gasteiger partial charge is 0.0961 e. The number of hydrogen-bond acceptors (Lipinski definition) is 3. The molecule has 0 saturated carbocycles. The van der Waals surface area contributed by atoms with Crippen LogP contribution in [-0.4, -0.2) is 38.0 Å². The second-order valence-corrected chi connectivity index (χ2v) is 3.68. The van der Waals surface area contributed by atoms with Crippen LogP contribution in [0.4, 0.5) is 0 Å². The summed E-state index contributed by atoms with van der Waals surface area (Å²) in [5.74, 6) is 0. The van der Waals surface area contributed by atoms with Crippen LogP contribution in [0.2, 0.25) is 0 Å². The van der Waals surface area contributed by atoms with E-state index >= 15 is 0 Å². The molecule has 0 amide bonds. The first kappa shape index (κ1) is 8.48. The summed E-state index contributed by atoms with van der Waals surface area (Å²) < 4.78 is 11.4. The molecule has 70 valence electrons. The summed E-state index contributed by atoms with van der Waals surface area (Å²) in [6.07, 6.45) is 3.41. The summed E-state index contributed by atoms with van der Waals surface area (Å²) in [5.41, 5.74) is 0. The van der Waals surface area contributed by atoms with E-state index in [-0.39, 0.29) is 0 Å². The summed E-state index contributed by atoms with van der Waals surface area (Å²) >= 11 is 0. The van der Waals surface area contributed by atoms with Crippen LogP contribution in [0.5, 0.6) is 0 Å². The minimum absolute atomic E-state index is 0.295. The second kappa shape index (κ2) is 3.73. The van der Waals surface area contributed by atoms with Gasteiger partial charge in [0.1, 0.15) is 0 Å². The molecular weight excluding hydrogens is 154 g/mol. The van der Waals surface area contributed by atoms with Gasteiger partial charge in [-0.2, -0.15) is 0 Å². The van der Waals surface area contributed by atoms with Crippen LogP contribution >= 0.6 is 0 Å². The maximum atomic E-state index is 5.74. The molecule has 0 aromatic rings. The predicted octanol–water partition coefficient (Wildman–Crippen LogP) is 0.542. The molecule has 3 nitrogen and oxygen atoms in total. The molecular formula is C9H17NO2. The van der Waals surface area contributed by atoms with Crippen LogP contribution in [-0.2, 0) is 9.47 Å².